The molecule has 1 aromatic heterocycles. The molecular weight excluding hydrogens is 330 g/mol. The summed E-state index contributed by atoms with van der Waals surface area (Å²) in [5.41, 5.74) is -0.673. The first kappa shape index (κ1) is 21.1. The first-order valence-corrected chi connectivity index (χ1v) is 10.1. The minimum atomic E-state index is -3.09. The molecule has 0 unspecified atom stereocenters. The third-order valence-electron chi connectivity index (χ3n) is 3.44. The summed E-state index contributed by atoms with van der Waals surface area (Å²) < 4.78 is 37.1. The highest BCUT2D eigenvalue weighted by molar-refractivity contribution is 7.91. The van der Waals surface area contributed by atoms with Crippen molar-refractivity contribution in [2.75, 3.05) is 24.7 Å². The minimum Gasteiger partial charge on any atom is -0.375 e. The minimum absolute atomic E-state index is 0.0673. The zero-order valence-corrected chi connectivity index (χ0v) is 16.3. The van der Waals surface area contributed by atoms with Crippen LogP contribution in [-0.2, 0) is 25.9 Å². The molecule has 0 atom stereocenters. The highest BCUT2D eigenvalue weighted by Gasteiger charge is 2.21. The molecule has 0 saturated carbocycles. The van der Waals surface area contributed by atoms with E-state index in [1.165, 1.54) is 6.33 Å². The fraction of sp³-hybridized carbons (Fsp3) is 0.875. The van der Waals surface area contributed by atoms with Crippen molar-refractivity contribution in [3.63, 3.8) is 0 Å². The Hall–Kier alpha value is -0.990. The van der Waals surface area contributed by atoms with Gasteiger partial charge in [0.25, 0.3) is 0 Å². The molecule has 0 spiro atoms. The maximum Gasteiger partial charge on any atom is 0.152 e. The van der Waals surface area contributed by atoms with E-state index in [1.807, 2.05) is 34.6 Å². The Morgan fingerprint density at radius 1 is 1.04 bits per heavy atom. The van der Waals surface area contributed by atoms with Crippen molar-refractivity contribution >= 4 is 9.84 Å². The lowest BCUT2D eigenvalue weighted by Crippen LogP contribution is -2.28. The van der Waals surface area contributed by atoms with E-state index in [2.05, 4.69) is 10.1 Å². The van der Waals surface area contributed by atoms with Crippen molar-refractivity contribution in [1.82, 2.24) is 14.8 Å². The molecule has 1 heterocycles. The van der Waals surface area contributed by atoms with E-state index in [0.717, 1.165) is 0 Å². The SMILES string of the molecule is CC(C)(C)OCCS(=O)(=O)CCCC(C)(C)OCCn1cncn1. The van der Waals surface area contributed by atoms with Gasteiger partial charge in [0.05, 0.1) is 42.5 Å². The van der Waals surface area contributed by atoms with Crippen molar-refractivity contribution in [3.8, 4) is 0 Å². The zero-order chi connectivity index (χ0) is 18.3. The monoisotopic (exact) mass is 361 g/mol. The molecule has 0 fully saturated rings. The van der Waals surface area contributed by atoms with Crippen LogP contribution in [-0.4, -0.2) is 59.1 Å². The summed E-state index contributed by atoms with van der Waals surface area (Å²) in [6.45, 7) is 11.1. The fourth-order valence-corrected chi connectivity index (χ4v) is 3.26. The Kier molecular flexibility index (Phi) is 7.82. The van der Waals surface area contributed by atoms with Crippen molar-refractivity contribution in [3.05, 3.63) is 12.7 Å². The van der Waals surface area contributed by atoms with Crippen LogP contribution in [0.25, 0.3) is 0 Å². The zero-order valence-electron chi connectivity index (χ0n) is 15.5. The van der Waals surface area contributed by atoms with Crippen molar-refractivity contribution in [1.29, 1.82) is 0 Å². The van der Waals surface area contributed by atoms with Crippen LogP contribution in [0.1, 0.15) is 47.5 Å². The summed E-state index contributed by atoms with van der Waals surface area (Å²) in [6.07, 6.45) is 4.39. The van der Waals surface area contributed by atoms with Gasteiger partial charge in [-0.2, -0.15) is 5.10 Å². The molecule has 0 aliphatic carbocycles. The number of hydrogen-bond acceptors (Lipinski definition) is 6. The average Bonchev–Trinajstić information content (AvgIpc) is 2.89. The Balaban J connectivity index is 2.23. The Bertz CT molecular complexity index is 563. The second-order valence-corrected chi connectivity index (χ2v) is 9.79. The topological polar surface area (TPSA) is 83.3 Å². The number of ether oxygens (including phenoxy) is 2. The lowest BCUT2D eigenvalue weighted by atomic mass is 10.0. The number of sulfone groups is 1. The summed E-state index contributed by atoms with van der Waals surface area (Å²) in [7, 11) is -3.09. The number of rotatable bonds is 11. The van der Waals surface area contributed by atoms with Crippen molar-refractivity contribution < 1.29 is 17.9 Å². The van der Waals surface area contributed by atoms with Crippen LogP contribution in [0.4, 0.5) is 0 Å². The summed E-state index contributed by atoms with van der Waals surface area (Å²) in [4.78, 5) is 3.87. The second kappa shape index (κ2) is 8.92. The fourth-order valence-electron chi connectivity index (χ4n) is 2.13. The Morgan fingerprint density at radius 3 is 2.33 bits per heavy atom. The summed E-state index contributed by atoms with van der Waals surface area (Å²) >= 11 is 0. The highest BCUT2D eigenvalue weighted by atomic mass is 32.2. The van der Waals surface area contributed by atoms with Gasteiger partial charge < -0.3 is 9.47 Å². The molecule has 0 aromatic carbocycles. The lowest BCUT2D eigenvalue weighted by Gasteiger charge is -2.25. The largest absolute Gasteiger partial charge is 0.375 e. The van der Waals surface area contributed by atoms with Crippen LogP contribution in [0, 0.1) is 0 Å². The number of nitrogens with zero attached hydrogens (tertiary/aromatic N) is 3. The molecule has 0 amide bonds. The van der Waals surface area contributed by atoms with Gasteiger partial charge in [0.15, 0.2) is 9.84 Å². The standard InChI is InChI=1S/C16H31N3O4S/c1-15(2,3)22-10-12-24(20,21)11-6-7-16(4,5)23-9-8-19-14-17-13-18-19/h13-14H,6-12H2,1-5H3. The number of aromatic nitrogens is 3. The lowest BCUT2D eigenvalue weighted by molar-refractivity contribution is -0.0281. The van der Waals surface area contributed by atoms with Gasteiger partial charge >= 0.3 is 0 Å². The quantitative estimate of drug-likeness (QED) is 0.600. The van der Waals surface area contributed by atoms with Gasteiger partial charge in [0.1, 0.15) is 12.7 Å². The first-order valence-electron chi connectivity index (χ1n) is 8.30. The molecule has 0 bridgehead atoms. The molecule has 1 aromatic rings. The van der Waals surface area contributed by atoms with Crippen molar-refractivity contribution in [2.24, 2.45) is 0 Å². The van der Waals surface area contributed by atoms with E-state index < -0.39 is 9.84 Å². The highest BCUT2D eigenvalue weighted by Crippen LogP contribution is 2.17. The molecule has 0 radical (unpaired) electrons. The summed E-state index contributed by atoms with van der Waals surface area (Å²) in [5, 5.41) is 4.01. The van der Waals surface area contributed by atoms with Crippen LogP contribution in [0.5, 0.6) is 0 Å². The average molecular weight is 362 g/mol. The van der Waals surface area contributed by atoms with Crippen LogP contribution < -0.4 is 0 Å². The van der Waals surface area contributed by atoms with E-state index >= 15 is 0 Å². The number of hydrogen-bond donors (Lipinski definition) is 0. The van der Waals surface area contributed by atoms with E-state index in [4.69, 9.17) is 9.47 Å². The van der Waals surface area contributed by atoms with Gasteiger partial charge in [-0.3, -0.25) is 4.68 Å². The molecule has 0 aliphatic heterocycles. The first-order chi connectivity index (χ1) is 11.0. The molecule has 0 N–H and O–H groups in total. The van der Waals surface area contributed by atoms with Gasteiger partial charge in [-0.1, -0.05) is 0 Å². The van der Waals surface area contributed by atoms with Gasteiger partial charge in [0, 0.05) is 0 Å². The van der Waals surface area contributed by atoms with E-state index in [-0.39, 0.29) is 29.3 Å². The Morgan fingerprint density at radius 2 is 1.75 bits per heavy atom. The third kappa shape index (κ3) is 10.00. The predicted octanol–water partition coefficient (Wildman–Crippen LogP) is 2.08. The van der Waals surface area contributed by atoms with Gasteiger partial charge in [0.2, 0.25) is 0 Å². The molecule has 1 rings (SSSR count). The normalized spacial score (nSPS) is 13.4. The van der Waals surface area contributed by atoms with Gasteiger partial charge in [-0.15, -0.1) is 0 Å². The predicted molar refractivity (Wildman–Crippen MR) is 93.6 cm³/mol. The van der Waals surface area contributed by atoms with E-state index in [1.54, 1.807) is 11.0 Å². The van der Waals surface area contributed by atoms with E-state index in [9.17, 15) is 8.42 Å². The third-order valence-corrected chi connectivity index (χ3v) is 5.14. The molecule has 0 aliphatic rings. The van der Waals surface area contributed by atoms with Crippen LogP contribution in [0.2, 0.25) is 0 Å². The maximum atomic E-state index is 12.0. The second-order valence-electron chi connectivity index (χ2n) is 7.48. The molecule has 140 valence electrons. The Labute approximate surface area is 145 Å². The maximum absolute atomic E-state index is 12.0. The van der Waals surface area contributed by atoms with Crippen molar-refractivity contribution in [2.45, 2.75) is 65.2 Å². The van der Waals surface area contributed by atoms with Gasteiger partial charge in [-0.25, -0.2) is 13.4 Å². The molecule has 0 saturated heterocycles. The molecule has 24 heavy (non-hydrogen) atoms. The smallest absolute Gasteiger partial charge is 0.152 e. The molecule has 8 heteroatoms. The molecule has 7 nitrogen and oxygen atoms in total. The van der Waals surface area contributed by atoms with Crippen LogP contribution in [0.3, 0.4) is 0 Å². The van der Waals surface area contributed by atoms with Crippen LogP contribution >= 0.6 is 0 Å². The summed E-state index contributed by atoms with van der Waals surface area (Å²) in [5.74, 6) is 0.230. The summed E-state index contributed by atoms with van der Waals surface area (Å²) in [6, 6.07) is 0. The van der Waals surface area contributed by atoms with Crippen LogP contribution in [0.15, 0.2) is 12.7 Å². The van der Waals surface area contributed by atoms with Gasteiger partial charge in [-0.05, 0) is 47.5 Å². The molecular formula is C16H31N3O4S. The van der Waals surface area contributed by atoms with E-state index in [0.29, 0.717) is 26.0 Å².